The number of carbonyl (C=O) groups is 1. The number of methoxy groups -OCH3 is 1. The Morgan fingerprint density at radius 2 is 2.05 bits per heavy atom. The predicted octanol–water partition coefficient (Wildman–Crippen LogP) is 2.29. The number of para-hydroxylation sites is 1. The second kappa shape index (κ2) is 6.43. The zero-order valence-electron chi connectivity index (χ0n) is 12.8. The normalized spacial score (nSPS) is 12.2. The lowest BCUT2D eigenvalue weighted by atomic mass is 10.0. The van der Waals surface area contributed by atoms with Gasteiger partial charge in [-0.15, -0.1) is 0 Å². The van der Waals surface area contributed by atoms with Crippen molar-refractivity contribution in [2.75, 3.05) is 7.11 Å². The van der Waals surface area contributed by atoms with Gasteiger partial charge in [0, 0.05) is 30.9 Å². The molecule has 1 heterocycles. The first kappa shape index (κ1) is 15.1. The first-order chi connectivity index (χ1) is 10.0. The lowest BCUT2D eigenvalue weighted by Crippen LogP contribution is -2.34. The molecule has 0 aliphatic rings. The molecular formula is C16H21N3O2. The summed E-state index contributed by atoms with van der Waals surface area (Å²) in [6, 6.07) is 7.32. The maximum absolute atomic E-state index is 12.1. The summed E-state index contributed by atoms with van der Waals surface area (Å²) < 4.78 is 7.32. The molecule has 0 fully saturated rings. The minimum Gasteiger partial charge on any atom is -0.496 e. The maximum atomic E-state index is 12.1. The molecule has 0 saturated heterocycles. The van der Waals surface area contributed by atoms with Crippen LogP contribution in [0.2, 0.25) is 0 Å². The molecule has 1 aromatic carbocycles. The summed E-state index contributed by atoms with van der Waals surface area (Å²) in [7, 11) is 3.53. The molecule has 2 aromatic rings. The summed E-state index contributed by atoms with van der Waals surface area (Å²) in [5.74, 6) is 1.39. The number of imidazole rings is 1. The number of hydrogen-bond acceptors (Lipinski definition) is 3. The molecule has 5 heteroatoms. The van der Waals surface area contributed by atoms with Crippen LogP contribution in [0.25, 0.3) is 0 Å². The molecule has 1 atom stereocenters. The average Bonchev–Trinajstić information content (AvgIpc) is 2.90. The van der Waals surface area contributed by atoms with E-state index in [2.05, 4.69) is 10.3 Å². The topological polar surface area (TPSA) is 56.1 Å². The number of benzene rings is 1. The highest BCUT2D eigenvalue weighted by Crippen LogP contribution is 2.29. The molecule has 1 aromatic heterocycles. The van der Waals surface area contributed by atoms with Gasteiger partial charge in [0.1, 0.15) is 17.6 Å². The Bertz CT molecular complexity index is 619. The fourth-order valence-electron chi connectivity index (χ4n) is 2.15. The second-order valence-electron chi connectivity index (χ2n) is 5.23. The number of carbonyl (C=O) groups excluding carboxylic acids is 1. The number of nitrogens with zero attached hydrogens (tertiary/aromatic N) is 2. The van der Waals surface area contributed by atoms with Gasteiger partial charge in [-0.3, -0.25) is 4.79 Å². The first-order valence-electron chi connectivity index (χ1n) is 6.95. The Hall–Kier alpha value is -2.30. The largest absolute Gasteiger partial charge is 0.496 e. The molecule has 0 saturated carbocycles. The molecule has 0 spiro atoms. The molecule has 1 amide bonds. The van der Waals surface area contributed by atoms with Crippen molar-refractivity contribution in [3.63, 3.8) is 0 Å². The van der Waals surface area contributed by atoms with Crippen LogP contribution >= 0.6 is 0 Å². The van der Waals surface area contributed by atoms with Gasteiger partial charge in [0.2, 0.25) is 5.91 Å². The molecule has 0 bridgehead atoms. The van der Waals surface area contributed by atoms with Crippen LogP contribution in [0.4, 0.5) is 0 Å². The molecule has 1 N–H and O–H groups in total. The fourth-order valence-corrected chi connectivity index (χ4v) is 2.15. The molecule has 21 heavy (non-hydrogen) atoms. The van der Waals surface area contributed by atoms with Crippen LogP contribution in [0.5, 0.6) is 5.75 Å². The summed E-state index contributed by atoms with van der Waals surface area (Å²) >= 11 is 0. The zero-order valence-corrected chi connectivity index (χ0v) is 12.8. The van der Waals surface area contributed by atoms with E-state index in [4.69, 9.17) is 4.74 Å². The van der Waals surface area contributed by atoms with Gasteiger partial charge in [0.15, 0.2) is 0 Å². The van der Waals surface area contributed by atoms with Gasteiger partial charge in [0.25, 0.3) is 0 Å². The molecule has 112 valence electrons. The summed E-state index contributed by atoms with van der Waals surface area (Å²) in [6.45, 7) is 3.74. The third kappa shape index (κ3) is 3.24. The van der Waals surface area contributed by atoms with Crippen molar-refractivity contribution in [3.8, 4) is 5.75 Å². The van der Waals surface area contributed by atoms with Crippen molar-refractivity contribution < 1.29 is 9.53 Å². The van der Waals surface area contributed by atoms with Crippen LogP contribution in [0.15, 0.2) is 36.7 Å². The molecule has 0 radical (unpaired) electrons. The van der Waals surface area contributed by atoms with Crippen molar-refractivity contribution in [3.05, 3.63) is 48.0 Å². The average molecular weight is 287 g/mol. The number of hydrogen-bond donors (Lipinski definition) is 1. The predicted molar refractivity (Wildman–Crippen MR) is 81.0 cm³/mol. The van der Waals surface area contributed by atoms with E-state index in [1.165, 1.54) is 0 Å². The Morgan fingerprint density at radius 3 is 2.62 bits per heavy atom. The van der Waals surface area contributed by atoms with Crippen molar-refractivity contribution in [2.24, 2.45) is 13.0 Å². The van der Waals surface area contributed by atoms with Crippen LogP contribution in [0.3, 0.4) is 0 Å². The van der Waals surface area contributed by atoms with Gasteiger partial charge < -0.3 is 14.6 Å². The molecule has 1 unspecified atom stereocenters. The monoisotopic (exact) mass is 287 g/mol. The maximum Gasteiger partial charge on any atom is 0.223 e. The van der Waals surface area contributed by atoms with Crippen LogP contribution in [-0.2, 0) is 11.8 Å². The van der Waals surface area contributed by atoms with Crippen LogP contribution < -0.4 is 10.1 Å². The summed E-state index contributed by atoms with van der Waals surface area (Å²) in [5, 5.41) is 3.05. The SMILES string of the molecule is COc1ccccc1C(NC(=O)C(C)C)c1nccn1C. The lowest BCUT2D eigenvalue weighted by Gasteiger charge is -2.22. The standard InChI is InChI=1S/C16H21N3O2/c1-11(2)16(20)18-14(15-17-9-10-19(15)3)12-7-5-6-8-13(12)21-4/h5-11,14H,1-4H3,(H,18,20). The highest BCUT2D eigenvalue weighted by molar-refractivity contribution is 5.78. The van der Waals surface area contributed by atoms with E-state index in [0.717, 1.165) is 17.1 Å². The highest BCUT2D eigenvalue weighted by atomic mass is 16.5. The van der Waals surface area contributed by atoms with E-state index in [9.17, 15) is 4.79 Å². The van der Waals surface area contributed by atoms with Gasteiger partial charge in [-0.25, -0.2) is 4.98 Å². The number of rotatable bonds is 5. The summed E-state index contributed by atoms with van der Waals surface area (Å²) in [5.41, 5.74) is 0.892. The van der Waals surface area contributed by atoms with Gasteiger partial charge in [-0.05, 0) is 6.07 Å². The number of amides is 1. The van der Waals surface area contributed by atoms with Crippen molar-refractivity contribution in [1.82, 2.24) is 14.9 Å². The van der Waals surface area contributed by atoms with Gasteiger partial charge >= 0.3 is 0 Å². The van der Waals surface area contributed by atoms with Gasteiger partial charge in [-0.1, -0.05) is 32.0 Å². The number of aromatic nitrogens is 2. The molecule has 0 aliphatic heterocycles. The molecular weight excluding hydrogens is 266 g/mol. The van der Waals surface area contributed by atoms with Crippen molar-refractivity contribution in [1.29, 1.82) is 0 Å². The Labute approximate surface area is 125 Å². The van der Waals surface area contributed by atoms with E-state index in [0.29, 0.717) is 0 Å². The number of aryl methyl sites for hydroxylation is 1. The van der Waals surface area contributed by atoms with Gasteiger partial charge in [0.05, 0.1) is 7.11 Å². The minimum absolute atomic E-state index is 0.0195. The smallest absolute Gasteiger partial charge is 0.223 e. The zero-order chi connectivity index (χ0) is 15.4. The third-order valence-corrected chi connectivity index (χ3v) is 3.38. The Kier molecular flexibility index (Phi) is 4.62. The second-order valence-corrected chi connectivity index (χ2v) is 5.23. The van der Waals surface area contributed by atoms with E-state index in [1.807, 2.05) is 55.9 Å². The number of nitrogens with one attached hydrogen (secondary N) is 1. The summed E-state index contributed by atoms with van der Waals surface area (Å²) in [4.78, 5) is 16.5. The van der Waals surface area contributed by atoms with E-state index in [-0.39, 0.29) is 17.9 Å². The van der Waals surface area contributed by atoms with E-state index >= 15 is 0 Å². The molecule has 0 aliphatic carbocycles. The molecule has 5 nitrogen and oxygen atoms in total. The van der Waals surface area contributed by atoms with Crippen molar-refractivity contribution >= 4 is 5.91 Å². The minimum atomic E-state index is -0.337. The quantitative estimate of drug-likeness (QED) is 0.918. The Morgan fingerprint density at radius 1 is 1.33 bits per heavy atom. The Balaban J connectivity index is 2.45. The van der Waals surface area contributed by atoms with Crippen LogP contribution in [0.1, 0.15) is 31.3 Å². The number of ether oxygens (including phenoxy) is 1. The third-order valence-electron chi connectivity index (χ3n) is 3.38. The van der Waals surface area contributed by atoms with E-state index < -0.39 is 0 Å². The first-order valence-corrected chi connectivity index (χ1v) is 6.95. The van der Waals surface area contributed by atoms with E-state index in [1.54, 1.807) is 13.3 Å². The van der Waals surface area contributed by atoms with Crippen LogP contribution in [0, 0.1) is 5.92 Å². The van der Waals surface area contributed by atoms with Gasteiger partial charge in [-0.2, -0.15) is 0 Å². The summed E-state index contributed by atoms with van der Waals surface area (Å²) in [6.07, 6.45) is 3.58. The molecule has 2 rings (SSSR count). The van der Waals surface area contributed by atoms with Crippen molar-refractivity contribution in [2.45, 2.75) is 19.9 Å². The lowest BCUT2D eigenvalue weighted by molar-refractivity contribution is -0.124. The fraction of sp³-hybridized carbons (Fsp3) is 0.375. The van der Waals surface area contributed by atoms with Crippen LogP contribution in [-0.4, -0.2) is 22.6 Å². The highest BCUT2D eigenvalue weighted by Gasteiger charge is 2.24.